The van der Waals surface area contributed by atoms with Gasteiger partial charge in [0.2, 0.25) is 0 Å². The van der Waals surface area contributed by atoms with Gasteiger partial charge in [-0.15, -0.1) is 11.3 Å². The van der Waals surface area contributed by atoms with Crippen molar-refractivity contribution in [1.29, 1.82) is 0 Å². The molecule has 0 aliphatic rings. The Morgan fingerprint density at radius 3 is 3.00 bits per heavy atom. The minimum atomic E-state index is 0.0852. The van der Waals surface area contributed by atoms with E-state index >= 15 is 0 Å². The third kappa shape index (κ3) is 4.01. The first-order chi connectivity index (χ1) is 9.70. The number of aliphatic hydroxyl groups excluding tert-OH is 1. The summed E-state index contributed by atoms with van der Waals surface area (Å²) in [6, 6.07) is 7.67. The van der Waals surface area contributed by atoms with Crippen molar-refractivity contribution in [3.8, 4) is 17.6 Å². The number of ether oxygens (including phenoxy) is 1. The molecule has 0 fully saturated rings. The van der Waals surface area contributed by atoms with E-state index < -0.39 is 0 Å². The van der Waals surface area contributed by atoms with Crippen molar-refractivity contribution in [2.45, 2.75) is 20.0 Å². The quantitative estimate of drug-likeness (QED) is 0.864. The van der Waals surface area contributed by atoms with E-state index in [0.717, 1.165) is 16.0 Å². The highest BCUT2D eigenvalue weighted by Gasteiger charge is 2.06. The van der Waals surface area contributed by atoms with E-state index in [9.17, 15) is 0 Å². The minimum Gasteiger partial charge on any atom is -0.486 e. The van der Waals surface area contributed by atoms with E-state index in [1.165, 1.54) is 0 Å². The molecule has 0 saturated carbocycles. The maximum absolute atomic E-state index is 8.73. The van der Waals surface area contributed by atoms with Crippen molar-refractivity contribution < 1.29 is 9.84 Å². The van der Waals surface area contributed by atoms with Crippen molar-refractivity contribution in [3.05, 3.63) is 50.7 Å². The van der Waals surface area contributed by atoms with Gasteiger partial charge >= 0.3 is 0 Å². The van der Waals surface area contributed by atoms with Crippen LogP contribution in [0.1, 0.15) is 22.4 Å². The lowest BCUT2D eigenvalue weighted by atomic mass is 10.2. The van der Waals surface area contributed by atoms with Crippen molar-refractivity contribution in [1.82, 2.24) is 0 Å². The zero-order valence-electron chi connectivity index (χ0n) is 11.1. The molecule has 0 aliphatic heterocycles. The fourth-order valence-electron chi connectivity index (χ4n) is 1.64. The van der Waals surface area contributed by atoms with Gasteiger partial charge in [0.05, 0.1) is 16.5 Å². The van der Waals surface area contributed by atoms with Crippen LogP contribution in [0.4, 0.5) is 0 Å². The third-order valence-electron chi connectivity index (χ3n) is 2.65. The Kier molecular flexibility index (Phi) is 5.49. The molecule has 20 heavy (non-hydrogen) atoms. The number of rotatable bonds is 4. The fraction of sp³-hybridized carbons (Fsp3) is 0.250. The molecular weight excluding hydrogens is 292 g/mol. The summed E-state index contributed by atoms with van der Waals surface area (Å²) in [5.74, 6) is 6.65. The monoisotopic (exact) mass is 306 g/mol. The fourth-order valence-corrected chi connectivity index (χ4v) is 2.56. The van der Waals surface area contributed by atoms with Crippen LogP contribution in [-0.2, 0) is 6.61 Å². The van der Waals surface area contributed by atoms with Gasteiger partial charge < -0.3 is 9.84 Å². The largest absolute Gasteiger partial charge is 0.486 e. The zero-order chi connectivity index (χ0) is 14.4. The molecule has 0 atom stereocenters. The molecule has 0 radical (unpaired) electrons. The second-order valence-electron chi connectivity index (χ2n) is 4.26. The summed E-state index contributed by atoms with van der Waals surface area (Å²) in [5, 5.41) is 11.3. The molecule has 1 N–H and O–H groups in total. The van der Waals surface area contributed by atoms with Gasteiger partial charge in [0.1, 0.15) is 12.4 Å². The van der Waals surface area contributed by atoms with Gasteiger partial charge in [-0.1, -0.05) is 29.5 Å². The van der Waals surface area contributed by atoms with Gasteiger partial charge in [0, 0.05) is 12.0 Å². The van der Waals surface area contributed by atoms with Crippen LogP contribution in [0, 0.1) is 18.8 Å². The van der Waals surface area contributed by atoms with E-state index in [4.69, 9.17) is 21.4 Å². The lowest BCUT2D eigenvalue weighted by Crippen LogP contribution is -1.96. The number of benzene rings is 1. The average molecular weight is 307 g/mol. The molecule has 104 valence electrons. The average Bonchev–Trinajstić information content (AvgIpc) is 2.88. The Morgan fingerprint density at radius 1 is 1.35 bits per heavy atom. The zero-order valence-corrected chi connectivity index (χ0v) is 12.7. The lowest BCUT2D eigenvalue weighted by molar-refractivity contribution is 0.305. The van der Waals surface area contributed by atoms with E-state index in [2.05, 4.69) is 11.8 Å². The highest BCUT2D eigenvalue weighted by atomic mass is 35.5. The molecule has 0 saturated heterocycles. The van der Waals surface area contributed by atoms with Crippen LogP contribution in [-0.4, -0.2) is 11.7 Å². The van der Waals surface area contributed by atoms with Gasteiger partial charge in [-0.05, 0) is 36.1 Å². The van der Waals surface area contributed by atoms with Crippen LogP contribution in [0.3, 0.4) is 0 Å². The first-order valence-corrected chi connectivity index (χ1v) is 7.51. The van der Waals surface area contributed by atoms with Gasteiger partial charge in [-0.3, -0.25) is 0 Å². The maximum Gasteiger partial charge on any atom is 0.138 e. The molecule has 2 aromatic rings. The number of thiophene rings is 1. The summed E-state index contributed by atoms with van der Waals surface area (Å²) >= 11 is 7.71. The summed E-state index contributed by atoms with van der Waals surface area (Å²) in [6.45, 7) is 2.53. The molecule has 0 spiro atoms. The summed E-state index contributed by atoms with van der Waals surface area (Å²) in [5.41, 5.74) is 2.06. The second-order valence-corrected chi connectivity index (χ2v) is 5.66. The molecule has 2 rings (SSSR count). The summed E-state index contributed by atoms with van der Waals surface area (Å²) in [4.78, 5) is 1.06. The molecule has 0 amide bonds. The highest BCUT2D eigenvalue weighted by molar-refractivity contribution is 7.10. The number of hydrogen-bond donors (Lipinski definition) is 1. The molecule has 4 heteroatoms. The smallest absolute Gasteiger partial charge is 0.138 e. The van der Waals surface area contributed by atoms with E-state index in [-0.39, 0.29) is 6.61 Å². The number of halogens is 1. The van der Waals surface area contributed by atoms with Gasteiger partial charge in [-0.25, -0.2) is 0 Å². The molecule has 1 aromatic carbocycles. The van der Waals surface area contributed by atoms with E-state index in [0.29, 0.717) is 23.8 Å². The summed E-state index contributed by atoms with van der Waals surface area (Å²) in [6.07, 6.45) is 0.486. The normalized spacial score (nSPS) is 9.95. The predicted molar refractivity (Wildman–Crippen MR) is 83.4 cm³/mol. The van der Waals surface area contributed by atoms with Crippen LogP contribution in [0.2, 0.25) is 5.02 Å². The second kappa shape index (κ2) is 7.35. The van der Waals surface area contributed by atoms with Crippen molar-refractivity contribution >= 4 is 22.9 Å². The van der Waals surface area contributed by atoms with Gasteiger partial charge in [0.25, 0.3) is 0 Å². The van der Waals surface area contributed by atoms with Crippen molar-refractivity contribution in [2.24, 2.45) is 0 Å². The van der Waals surface area contributed by atoms with Crippen LogP contribution in [0.25, 0.3) is 0 Å². The van der Waals surface area contributed by atoms with Crippen LogP contribution in [0.5, 0.6) is 5.75 Å². The Hall–Kier alpha value is -1.47. The molecule has 1 aromatic heterocycles. The topological polar surface area (TPSA) is 29.5 Å². The van der Waals surface area contributed by atoms with Crippen molar-refractivity contribution in [2.75, 3.05) is 6.61 Å². The first-order valence-electron chi connectivity index (χ1n) is 6.25. The van der Waals surface area contributed by atoms with Gasteiger partial charge in [-0.2, -0.15) is 0 Å². The van der Waals surface area contributed by atoms with Crippen molar-refractivity contribution in [3.63, 3.8) is 0 Å². The van der Waals surface area contributed by atoms with Gasteiger partial charge in [0.15, 0.2) is 0 Å². The molecule has 0 aliphatic carbocycles. The summed E-state index contributed by atoms with van der Waals surface area (Å²) in [7, 11) is 0. The Bertz CT molecular complexity index is 637. The lowest BCUT2D eigenvalue weighted by Gasteiger charge is -2.08. The Morgan fingerprint density at radius 2 is 2.20 bits per heavy atom. The molecule has 0 bridgehead atoms. The number of aryl methyl sites for hydroxylation is 1. The number of hydrogen-bond acceptors (Lipinski definition) is 3. The number of aliphatic hydroxyl groups is 1. The maximum atomic E-state index is 8.73. The SMILES string of the molecule is Cc1ccc(Cl)c(OCc2sccc2C#CCCO)c1. The molecule has 0 unspecified atom stereocenters. The highest BCUT2D eigenvalue weighted by Crippen LogP contribution is 2.27. The van der Waals surface area contributed by atoms with Crippen LogP contribution >= 0.6 is 22.9 Å². The Labute approximate surface area is 128 Å². The van der Waals surface area contributed by atoms with E-state index in [1.807, 2.05) is 36.6 Å². The standard InChI is InChI=1S/C16H15ClO2S/c1-12-5-6-14(17)15(10-12)19-11-16-13(7-9-20-16)4-2-3-8-18/h5-7,9-10,18H,3,8,11H2,1H3. The van der Waals surface area contributed by atoms with Crippen LogP contribution in [0.15, 0.2) is 29.6 Å². The third-order valence-corrected chi connectivity index (χ3v) is 3.86. The first kappa shape index (κ1) is 14.9. The van der Waals surface area contributed by atoms with Crippen LogP contribution < -0.4 is 4.74 Å². The summed E-state index contributed by atoms with van der Waals surface area (Å²) < 4.78 is 5.77. The minimum absolute atomic E-state index is 0.0852. The molecular formula is C16H15ClO2S. The molecule has 1 heterocycles. The Balaban J connectivity index is 2.06. The molecule has 2 nitrogen and oxygen atoms in total. The van der Waals surface area contributed by atoms with E-state index in [1.54, 1.807) is 11.3 Å². The predicted octanol–water partition coefficient (Wildman–Crippen LogP) is 4.02.